The van der Waals surface area contributed by atoms with Crippen LogP contribution in [-0.2, 0) is 17.4 Å². The monoisotopic (exact) mass is 240 g/mol. The van der Waals surface area contributed by atoms with Gasteiger partial charge in [0.25, 0.3) is 0 Å². The summed E-state index contributed by atoms with van der Waals surface area (Å²) >= 11 is 1.78. The van der Waals surface area contributed by atoms with Crippen molar-refractivity contribution in [2.24, 2.45) is 5.73 Å². The number of thiazole rings is 1. The Morgan fingerprint density at radius 1 is 1.19 bits per heavy atom. The molecule has 0 bridgehead atoms. The second kappa shape index (κ2) is 4.46. The Kier molecular flexibility index (Phi) is 3.80. The summed E-state index contributed by atoms with van der Waals surface area (Å²) in [5.74, 6) is 0. The van der Waals surface area contributed by atoms with Crippen molar-refractivity contribution in [1.82, 2.24) is 4.98 Å². The molecule has 1 aromatic rings. The molecule has 0 amide bonds. The van der Waals surface area contributed by atoms with Gasteiger partial charge in [-0.25, -0.2) is 4.98 Å². The van der Waals surface area contributed by atoms with Crippen molar-refractivity contribution >= 4 is 11.3 Å². The number of aromatic nitrogens is 1. The van der Waals surface area contributed by atoms with E-state index in [0.717, 1.165) is 12.8 Å². The summed E-state index contributed by atoms with van der Waals surface area (Å²) in [6, 6.07) is 0. The van der Waals surface area contributed by atoms with Gasteiger partial charge in [0.05, 0.1) is 10.7 Å². The largest absolute Gasteiger partial charge is 0.321 e. The maximum Gasteiger partial charge on any atom is 0.0932 e. The lowest BCUT2D eigenvalue weighted by Crippen LogP contribution is -2.31. The first-order valence-corrected chi connectivity index (χ1v) is 6.77. The summed E-state index contributed by atoms with van der Waals surface area (Å²) in [6.07, 6.45) is 2.20. The van der Waals surface area contributed by atoms with E-state index in [-0.39, 0.29) is 11.0 Å². The zero-order valence-electron chi connectivity index (χ0n) is 11.3. The van der Waals surface area contributed by atoms with Crippen molar-refractivity contribution in [1.29, 1.82) is 0 Å². The molecule has 3 heteroatoms. The van der Waals surface area contributed by atoms with Crippen LogP contribution in [0.15, 0.2) is 0 Å². The van der Waals surface area contributed by atoms with Crippen molar-refractivity contribution in [2.75, 3.05) is 0 Å². The summed E-state index contributed by atoms with van der Waals surface area (Å²) in [5, 5.41) is 1.22. The molecular formula is C13H24N2S. The average molecular weight is 240 g/mol. The molecule has 0 saturated carbocycles. The minimum absolute atomic E-state index is 0.0778. The van der Waals surface area contributed by atoms with Gasteiger partial charge in [-0.3, -0.25) is 0 Å². The predicted octanol–water partition coefficient (Wildman–Crippen LogP) is 3.59. The van der Waals surface area contributed by atoms with Gasteiger partial charge in [0.15, 0.2) is 0 Å². The Morgan fingerprint density at radius 2 is 1.75 bits per heavy atom. The van der Waals surface area contributed by atoms with Crippen LogP contribution in [-0.4, -0.2) is 4.98 Å². The maximum absolute atomic E-state index is 6.23. The van der Waals surface area contributed by atoms with E-state index >= 15 is 0 Å². The highest BCUT2D eigenvalue weighted by Gasteiger charge is 2.29. The molecule has 1 rings (SSSR count). The van der Waals surface area contributed by atoms with Crippen LogP contribution in [0.25, 0.3) is 0 Å². The SMILES string of the molecule is CCCc1nc(C(C)(C)C)c(C(C)(C)N)s1. The van der Waals surface area contributed by atoms with Gasteiger partial charge in [-0.05, 0) is 26.7 Å². The fourth-order valence-corrected chi connectivity index (χ4v) is 3.02. The van der Waals surface area contributed by atoms with Crippen molar-refractivity contribution in [3.05, 3.63) is 15.6 Å². The Hall–Kier alpha value is -0.410. The summed E-state index contributed by atoms with van der Waals surface area (Å²) in [6.45, 7) is 12.9. The third-order valence-corrected chi connectivity index (χ3v) is 3.89. The zero-order valence-corrected chi connectivity index (χ0v) is 12.2. The van der Waals surface area contributed by atoms with Crippen molar-refractivity contribution in [3.63, 3.8) is 0 Å². The first kappa shape index (κ1) is 13.7. The Morgan fingerprint density at radius 3 is 2.06 bits per heavy atom. The average Bonchev–Trinajstić information content (AvgIpc) is 2.47. The Labute approximate surface area is 103 Å². The third-order valence-electron chi connectivity index (χ3n) is 2.43. The molecule has 0 radical (unpaired) electrons. The molecule has 92 valence electrons. The highest BCUT2D eigenvalue weighted by atomic mass is 32.1. The van der Waals surface area contributed by atoms with E-state index in [1.165, 1.54) is 15.6 Å². The first-order valence-electron chi connectivity index (χ1n) is 5.95. The van der Waals surface area contributed by atoms with Crippen molar-refractivity contribution in [2.45, 2.75) is 65.3 Å². The fraction of sp³-hybridized carbons (Fsp3) is 0.769. The minimum atomic E-state index is -0.285. The van der Waals surface area contributed by atoms with Gasteiger partial charge in [0.2, 0.25) is 0 Å². The van der Waals surface area contributed by atoms with Crippen LogP contribution in [0, 0.1) is 0 Å². The standard InChI is InChI=1S/C13H24N2S/c1-7-8-9-15-10(12(2,3)4)11(16-9)13(5,6)14/h7-8,14H2,1-6H3. The summed E-state index contributed by atoms with van der Waals surface area (Å²) < 4.78 is 0. The van der Waals surface area contributed by atoms with Gasteiger partial charge in [-0.15, -0.1) is 11.3 Å². The first-order chi connectivity index (χ1) is 7.16. The lowest BCUT2D eigenvalue weighted by atomic mass is 9.87. The number of nitrogens with two attached hydrogens (primary N) is 1. The minimum Gasteiger partial charge on any atom is -0.321 e. The summed E-state index contributed by atoms with van der Waals surface area (Å²) in [5.41, 5.74) is 7.20. The van der Waals surface area contributed by atoms with Crippen LogP contribution in [0.1, 0.15) is 63.5 Å². The van der Waals surface area contributed by atoms with Crippen LogP contribution in [0.2, 0.25) is 0 Å². The second-order valence-electron chi connectivity index (χ2n) is 6.01. The molecule has 2 N–H and O–H groups in total. The van der Waals surface area contributed by atoms with Crippen LogP contribution in [0.4, 0.5) is 0 Å². The number of aryl methyl sites for hydroxylation is 1. The fourth-order valence-electron chi connectivity index (χ4n) is 1.63. The van der Waals surface area contributed by atoms with Crippen LogP contribution >= 0.6 is 11.3 Å². The second-order valence-corrected chi connectivity index (χ2v) is 7.09. The molecule has 0 aliphatic heterocycles. The lowest BCUT2D eigenvalue weighted by Gasteiger charge is -2.24. The molecule has 0 fully saturated rings. The predicted molar refractivity (Wildman–Crippen MR) is 72.0 cm³/mol. The van der Waals surface area contributed by atoms with Crippen LogP contribution in [0.5, 0.6) is 0 Å². The Balaban J connectivity index is 3.24. The molecule has 0 atom stereocenters. The molecule has 0 aromatic carbocycles. The van der Waals surface area contributed by atoms with E-state index in [9.17, 15) is 0 Å². The van der Waals surface area contributed by atoms with Crippen LogP contribution in [0.3, 0.4) is 0 Å². The summed E-state index contributed by atoms with van der Waals surface area (Å²) in [7, 11) is 0. The van der Waals surface area contributed by atoms with Crippen molar-refractivity contribution in [3.8, 4) is 0 Å². The lowest BCUT2D eigenvalue weighted by molar-refractivity contribution is 0.511. The van der Waals surface area contributed by atoms with E-state index in [0.29, 0.717) is 0 Å². The van der Waals surface area contributed by atoms with E-state index in [4.69, 9.17) is 10.7 Å². The number of hydrogen-bond acceptors (Lipinski definition) is 3. The molecule has 1 heterocycles. The maximum atomic E-state index is 6.23. The molecule has 0 aliphatic rings. The number of rotatable bonds is 3. The number of nitrogens with zero attached hydrogens (tertiary/aromatic N) is 1. The van der Waals surface area contributed by atoms with Crippen LogP contribution < -0.4 is 5.73 Å². The quantitative estimate of drug-likeness (QED) is 0.877. The molecule has 1 aromatic heterocycles. The van der Waals surface area contributed by atoms with Gasteiger partial charge in [0.1, 0.15) is 0 Å². The topological polar surface area (TPSA) is 38.9 Å². The van der Waals surface area contributed by atoms with Crippen molar-refractivity contribution < 1.29 is 0 Å². The molecule has 0 unspecified atom stereocenters. The smallest absolute Gasteiger partial charge is 0.0932 e. The van der Waals surface area contributed by atoms with Gasteiger partial charge in [-0.1, -0.05) is 27.7 Å². The Bertz CT molecular complexity index is 321. The molecule has 16 heavy (non-hydrogen) atoms. The summed E-state index contributed by atoms with van der Waals surface area (Å²) in [4.78, 5) is 6.02. The van der Waals surface area contributed by atoms with E-state index in [1.54, 1.807) is 11.3 Å². The van der Waals surface area contributed by atoms with Gasteiger partial charge in [-0.2, -0.15) is 0 Å². The van der Waals surface area contributed by atoms with E-state index in [2.05, 4.69) is 41.5 Å². The van der Waals surface area contributed by atoms with E-state index < -0.39 is 0 Å². The highest BCUT2D eigenvalue weighted by molar-refractivity contribution is 7.11. The van der Waals surface area contributed by atoms with Gasteiger partial charge in [0, 0.05) is 15.8 Å². The molecular weight excluding hydrogens is 216 g/mol. The molecule has 0 saturated heterocycles. The molecule has 2 nitrogen and oxygen atoms in total. The normalized spacial score (nSPS) is 13.2. The zero-order chi connectivity index (χ0) is 12.6. The molecule has 0 aliphatic carbocycles. The third kappa shape index (κ3) is 3.05. The number of hydrogen-bond donors (Lipinski definition) is 1. The van der Waals surface area contributed by atoms with Gasteiger partial charge >= 0.3 is 0 Å². The van der Waals surface area contributed by atoms with E-state index in [1.807, 2.05) is 0 Å². The van der Waals surface area contributed by atoms with Gasteiger partial charge < -0.3 is 5.73 Å². The highest BCUT2D eigenvalue weighted by Crippen LogP contribution is 2.35. The molecule has 0 spiro atoms.